The predicted molar refractivity (Wildman–Crippen MR) is 91.1 cm³/mol. The molecule has 24 heavy (non-hydrogen) atoms. The lowest BCUT2D eigenvalue weighted by Crippen LogP contribution is -2.47. The Balaban J connectivity index is 2.01. The number of phenols is 1. The van der Waals surface area contributed by atoms with Crippen molar-refractivity contribution in [2.75, 3.05) is 13.2 Å². The number of benzene rings is 2. The fourth-order valence-corrected chi connectivity index (χ4v) is 2.64. The number of nitrogens with two attached hydrogens (primary N) is 1. The zero-order chi connectivity index (χ0) is 17.3. The van der Waals surface area contributed by atoms with Crippen LogP contribution in [0.4, 0.5) is 0 Å². The molecular formula is C18H19NO5. The summed E-state index contributed by atoms with van der Waals surface area (Å²) in [5, 5.41) is 28.8. The number of hydrogen-bond donors (Lipinski definition) is 4. The smallest absolute Gasteiger partial charge is 0.200 e. The van der Waals surface area contributed by atoms with Crippen LogP contribution in [0.3, 0.4) is 0 Å². The maximum Gasteiger partial charge on any atom is 0.200 e. The largest absolute Gasteiger partial charge is 0.508 e. The second kappa shape index (κ2) is 6.24. The number of aryl methyl sites for hydroxylation is 1. The Morgan fingerprint density at radius 2 is 1.75 bits per heavy atom. The highest BCUT2D eigenvalue weighted by molar-refractivity contribution is 5.90. The molecule has 0 unspecified atom stereocenters. The topological polar surface area (TPSA) is 117 Å². The number of rotatable bonds is 5. The van der Waals surface area contributed by atoms with Crippen molar-refractivity contribution in [2.45, 2.75) is 18.4 Å². The molecular weight excluding hydrogens is 310 g/mol. The van der Waals surface area contributed by atoms with Crippen LogP contribution >= 0.6 is 0 Å². The Kier molecular flexibility index (Phi) is 4.28. The summed E-state index contributed by atoms with van der Waals surface area (Å²) in [5.74, 6) is 0.0121. The molecule has 0 aliphatic carbocycles. The van der Waals surface area contributed by atoms with Crippen molar-refractivity contribution in [1.82, 2.24) is 0 Å². The molecule has 2 aromatic carbocycles. The van der Waals surface area contributed by atoms with Crippen LogP contribution in [0.5, 0.6) is 5.75 Å². The van der Waals surface area contributed by atoms with Gasteiger partial charge in [-0.3, -0.25) is 4.79 Å². The third-order valence-electron chi connectivity index (χ3n) is 4.26. The van der Waals surface area contributed by atoms with Gasteiger partial charge in [0.1, 0.15) is 16.9 Å². The van der Waals surface area contributed by atoms with Gasteiger partial charge < -0.3 is 25.5 Å². The highest BCUT2D eigenvalue weighted by Gasteiger charge is 2.22. The Labute approximate surface area is 137 Å². The molecule has 0 bridgehead atoms. The van der Waals surface area contributed by atoms with E-state index in [0.717, 1.165) is 5.56 Å². The summed E-state index contributed by atoms with van der Waals surface area (Å²) in [4.78, 5) is 12.5. The molecule has 1 aromatic heterocycles. The molecule has 0 amide bonds. The highest BCUT2D eigenvalue weighted by Crippen LogP contribution is 2.23. The standard InChI is InChI=1S/C18H19NO5/c19-18(9-20,10-21)6-5-11-1-3-13-16(7-11)24-15-4-2-12(22)8-14(15)17(13)23/h1-4,7-8,20-22H,5-6,9-10,19H2. The predicted octanol–water partition coefficient (Wildman–Crippen LogP) is 1.27. The molecule has 0 saturated heterocycles. The third kappa shape index (κ3) is 2.99. The van der Waals surface area contributed by atoms with Gasteiger partial charge in [-0.15, -0.1) is 0 Å². The van der Waals surface area contributed by atoms with Crippen LogP contribution in [0.2, 0.25) is 0 Å². The summed E-state index contributed by atoms with van der Waals surface area (Å²) in [6.07, 6.45) is 0.933. The first-order chi connectivity index (χ1) is 11.5. The van der Waals surface area contributed by atoms with E-state index in [2.05, 4.69) is 0 Å². The third-order valence-corrected chi connectivity index (χ3v) is 4.26. The molecule has 0 aliphatic rings. The van der Waals surface area contributed by atoms with Gasteiger partial charge in [-0.1, -0.05) is 6.07 Å². The van der Waals surface area contributed by atoms with Crippen LogP contribution in [0.25, 0.3) is 21.9 Å². The monoisotopic (exact) mass is 329 g/mol. The molecule has 1 heterocycles. The van der Waals surface area contributed by atoms with Crippen LogP contribution in [0.15, 0.2) is 45.6 Å². The normalized spacial score (nSPS) is 12.1. The number of fused-ring (bicyclic) bond motifs is 2. The molecule has 6 heteroatoms. The molecule has 0 aliphatic heterocycles. The lowest BCUT2D eigenvalue weighted by Gasteiger charge is -2.24. The average molecular weight is 329 g/mol. The quantitative estimate of drug-likeness (QED) is 0.524. The van der Waals surface area contributed by atoms with Crippen molar-refractivity contribution >= 4 is 21.9 Å². The number of aliphatic hydroxyl groups excluding tert-OH is 2. The summed E-state index contributed by atoms with van der Waals surface area (Å²) in [6.45, 7) is -0.611. The van der Waals surface area contributed by atoms with Crippen LogP contribution in [0.1, 0.15) is 12.0 Å². The van der Waals surface area contributed by atoms with Crippen LogP contribution < -0.4 is 11.2 Å². The molecule has 126 valence electrons. The molecule has 3 rings (SSSR count). The molecule has 0 saturated carbocycles. The van der Waals surface area contributed by atoms with Gasteiger partial charge in [-0.2, -0.15) is 0 Å². The number of hydrogen-bond acceptors (Lipinski definition) is 6. The zero-order valence-corrected chi connectivity index (χ0v) is 13.0. The highest BCUT2D eigenvalue weighted by atomic mass is 16.3. The van der Waals surface area contributed by atoms with Gasteiger partial charge in [0.05, 0.1) is 29.5 Å². The van der Waals surface area contributed by atoms with Gasteiger partial charge in [0, 0.05) is 0 Å². The van der Waals surface area contributed by atoms with Crippen molar-refractivity contribution < 1.29 is 19.7 Å². The summed E-state index contributed by atoms with van der Waals surface area (Å²) >= 11 is 0. The van der Waals surface area contributed by atoms with E-state index in [4.69, 9.17) is 10.2 Å². The van der Waals surface area contributed by atoms with Crippen molar-refractivity contribution in [3.63, 3.8) is 0 Å². The Hall–Kier alpha value is -2.41. The molecule has 3 aromatic rings. The minimum atomic E-state index is -1.03. The van der Waals surface area contributed by atoms with Gasteiger partial charge in [0.25, 0.3) is 0 Å². The lowest BCUT2D eigenvalue weighted by atomic mass is 9.93. The van der Waals surface area contributed by atoms with Crippen molar-refractivity contribution in [1.29, 1.82) is 0 Å². The van der Waals surface area contributed by atoms with E-state index < -0.39 is 5.54 Å². The summed E-state index contributed by atoms with van der Waals surface area (Å²) in [6, 6.07) is 9.64. The zero-order valence-electron chi connectivity index (χ0n) is 13.0. The first-order valence-corrected chi connectivity index (χ1v) is 7.65. The van der Waals surface area contributed by atoms with E-state index in [1.807, 2.05) is 0 Å². The number of aliphatic hydroxyl groups is 2. The Morgan fingerprint density at radius 1 is 1.00 bits per heavy atom. The van der Waals surface area contributed by atoms with E-state index in [1.165, 1.54) is 12.1 Å². The fraction of sp³-hybridized carbons (Fsp3) is 0.278. The van der Waals surface area contributed by atoms with Gasteiger partial charge in [0.15, 0.2) is 0 Å². The van der Waals surface area contributed by atoms with E-state index >= 15 is 0 Å². The van der Waals surface area contributed by atoms with Crippen LogP contribution in [-0.4, -0.2) is 34.1 Å². The van der Waals surface area contributed by atoms with Crippen molar-refractivity contribution in [2.24, 2.45) is 5.73 Å². The maximum atomic E-state index is 12.5. The van der Waals surface area contributed by atoms with E-state index in [1.54, 1.807) is 24.3 Å². The summed E-state index contributed by atoms with van der Waals surface area (Å²) < 4.78 is 5.77. The van der Waals surface area contributed by atoms with Gasteiger partial charge in [-0.25, -0.2) is 0 Å². The molecule has 6 nitrogen and oxygen atoms in total. The molecule has 0 spiro atoms. The van der Waals surface area contributed by atoms with Gasteiger partial charge in [0.2, 0.25) is 5.43 Å². The van der Waals surface area contributed by atoms with E-state index in [9.17, 15) is 20.1 Å². The molecule has 0 atom stereocenters. The van der Waals surface area contributed by atoms with Crippen LogP contribution in [0, 0.1) is 0 Å². The Morgan fingerprint density at radius 3 is 2.46 bits per heavy atom. The minimum absolute atomic E-state index is 0.0121. The van der Waals surface area contributed by atoms with E-state index in [0.29, 0.717) is 34.8 Å². The first kappa shape index (κ1) is 16.4. The molecule has 0 radical (unpaired) electrons. The number of aromatic hydroxyl groups is 1. The second-order valence-corrected chi connectivity index (χ2v) is 6.12. The van der Waals surface area contributed by atoms with Crippen LogP contribution in [-0.2, 0) is 6.42 Å². The lowest BCUT2D eigenvalue weighted by molar-refractivity contribution is 0.115. The second-order valence-electron chi connectivity index (χ2n) is 6.12. The minimum Gasteiger partial charge on any atom is -0.508 e. The molecule has 5 N–H and O–H groups in total. The number of phenolic OH excluding ortho intramolecular Hbond substituents is 1. The van der Waals surface area contributed by atoms with Crippen molar-refractivity contribution in [3.8, 4) is 5.75 Å². The van der Waals surface area contributed by atoms with Gasteiger partial charge >= 0.3 is 0 Å². The summed E-state index contributed by atoms with van der Waals surface area (Å²) in [5.41, 5.74) is 6.38. The molecule has 0 fully saturated rings. The average Bonchev–Trinajstić information content (AvgIpc) is 2.60. The first-order valence-electron chi connectivity index (χ1n) is 7.65. The van der Waals surface area contributed by atoms with Gasteiger partial charge in [-0.05, 0) is 48.7 Å². The summed E-state index contributed by atoms with van der Waals surface area (Å²) in [7, 11) is 0. The van der Waals surface area contributed by atoms with E-state index in [-0.39, 0.29) is 24.4 Å². The van der Waals surface area contributed by atoms with Crippen molar-refractivity contribution in [3.05, 3.63) is 52.2 Å². The fourth-order valence-electron chi connectivity index (χ4n) is 2.64. The Bertz CT molecular complexity index is 943. The SMILES string of the molecule is NC(CO)(CO)CCc1ccc2c(=O)c3cc(O)ccc3oc2c1. The maximum absolute atomic E-state index is 12.5.